The molecule has 0 bridgehead atoms. The van der Waals surface area contributed by atoms with Gasteiger partial charge in [-0.15, -0.1) is 0 Å². The number of hydrogen-bond donors (Lipinski definition) is 0. The van der Waals surface area contributed by atoms with E-state index in [2.05, 4.69) is 34.6 Å². The van der Waals surface area contributed by atoms with Gasteiger partial charge in [-0.05, 0) is 24.2 Å². The maximum atomic E-state index is 2.40. The molecule has 0 aromatic rings. The van der Waals surface area contributed by atoms with Crippen molar-refractivity contribution < 1.29 is 0 Å². The van der Waals surface area contributed by atoms with E-state index >= 15 is 0 Å². The Labute approximate surface area is 155 Å². The molecular weight excluding hydrogens is 288 g/mol. The third kappa shape index (κ3) is 15.5. The summed E-state index contributed by atoms with van der Waals surface area (Å²) in [6.07, 6.45) is 23.5. The first kappa shape index (κ1) is 24.0. The summed E-state index contributed by atoms with van der Waals surface area (Å²) in [4.78, 5) is 0. The van der Waals surface area contributed by atoms with Gasteiger partial charge in [0, 0.05) is 0 Å². The van der Waals surface area contributed by atoms with Gasteiger partial charge in [0.05, 0.1) is 0 Å². The molecule has 0 atom stereocenters. The minimum absolute atomic E-state index is 0.858. The zero-order chi connectivity index (χ0) is 18.0. The second kappa shape index (κ2) is 17.8. The van der Waals surface area contributed by atoms with Crippen LogP contribution in [-0.4, -0.2) is 0 Å². The van der Waals surface area contributed by atoms with Crippen LogP contribution in [-0.2, 0) is 0 Å². The summed E-state index contributed by atoms with van der Waals surface area (Å²) < 4.78 is 0. The summed E-state index contributed by atoms with van der Waals surface area (Å²) in [5, 5.41) is 0. The monoisotopic (exact) mass is 338 g/mol. The summed E-state index contributed by atoms with van der Waals surface area (Å²) in [5.74, 6) is 2.65. The number of unbranched alkanes of at least 4 members (excludes halogenated alkanes) is 14. The van der Waals surface area contributed by atoms with Crippen LogP contribution in [0.1, 0.15) is 137 Å². The molecule has 0 saturated carbocycles. The highest BCUT2D eigenvalue weighted by Gasteiger charge is 2.16. The highest BCUT2D eigenvalue weighted by Crippen LogP contribution is 2.26. The molecule has 0 rings (SSSR count). The fourth-order valence-corrected chi connectivity index (χ4v) is 4.19. The van der Waals surface area contributed by atoms with E-state index in [4.69, 9.17) is 0 Å². The third-order valence-electron chi connectivity index (χ3n) is 5.85. The average molecular weight is 339 g/mol. The first-order valence-electron chi connectivity index (χ1n) is 11.6. The molecule has 0 aromatic carbocycles. The lowest BCUT2D eigenvalue weighted by molar-refractivity contribution is 0.261. The summed E-state index contributed by atoms with van der Waals surface area (Å²) in [7, 11) is 0. The number of hydrogen-bond acceptors (Lipinski definition) is 0. The first-order chi connectivity index (χ1) is 11.6. The molecule has 0 heteroatoms. The zero-order valence-electron chi connectivity index (χ0n) is 18.0. The third-order valence-corrected chi connectivity index (χ3v) is 5.85. The molecule has 0 unspecified atom stereocenters. The van der Waals surface area contributed by atoms with Crippen LogP contribution in [0, 0.1) is 17.8 Å². The molecule has 24 heavy (non-hydrogen) atoms. The predicted molar refractivity (Wildman–Crippen MR) is 113 cm³/mol. The normalized spacial score (nSPS) is 12.0. The highest BCUT2D eigenvalue weighted by atomic mass is 14.2. The van der Waals surface area contributed by atoms with Crippen molar-refractivity contribution in [2.75, 3.05) is 0 Å². The molecule has 0 nitrogen and oxygen atoms in total. The highest BCUT2D eigenvalue weighted by molar-refractivity contribution is 4.66. The topological polar surface area (TPSA) is 0 Å². The Kier molecular flexibility index (Phi) is 17.8. The van der Waals surface area contributed by atoms with Gasteiger partial charge in [-0.2, -0.15) is 0 Å². The van der Waals surface area contributed by atoms with Crippen LogP contribution in [0.4, 0.5) is 0 Å². The van der Waals surface area contributed by atoms with Crippen molar-refractivity contribution in [3.63, 3.8) is 0 Å². The van der Waals surface area contributed by atoms with E-state index < -0.39 is 0 Å². The van der Waals surface area contributed by atoms with E-state index in [0.29, 0.717) is 0 Å². The molecule has 0 aliphatic heterocycles. The van der Waals surface area contributed by atoms with Crippen molar-refractivity contribution in [1.82, 2.24) is 0 Å². The molecule has 0 heterocycles. The Morgan fingerprint density at radius 3 is 1.00 bits per heavy atom. The van der Waals surface area contributed by atoms with E-state index in [9.17, 15) is 0 Å². The Morgan fingerprint density at radius 2 is 0.708 bits per heavy atom. The Bertz CT molecular complexity index is 220. The molecule has 146 valence electrons. The molecule has 0 amide bonds. The van der Waals surface area contributed by atoms with Crippen LogP contribution < -0.4 is 0 Å². The standard InChI is InChI=1S/C24H50/c1-6-7-8-9-10-11-12-13-14-15-16-17-18-19-20-21-24(22(2)3)23(4)5/h22-24H,6-21H2,1-5H3. The second-order valence-electron chi connectivity index (χ2n) is 8.89. The van der Waals surface area contributed by atoms with Gasteiger partial charge in [0.2, 0.25) is 0 Å². The van der Waals surface area contributed by atoms with Crippen molar-refractivity contribution in [1.29, 1.82) is 0 Å². The van der Waals surface area contributed by atoms with E-state index in [-0.39, 0.29) is 0 Å². The van der Waals surface area contributed by atoms with Gasteiger partial charge in [-0.1, -0.05) is 131 Å². The molecule has 0 aliphatic carbocycles. The molecule has 0 aliphatic rings. The van der Waals surface area contributed by atoms with E-state index in [1.807, 2.05) is 0 Å². The van der Waals surface area contributed by atoms with Gasteiger partial charge in [0.25, 0.3) is 0 Å². The lowest BCUT2D eigenvalue weighted by atomic mass is 9.81. The molecule has 0 N–H and O–H groups in total. The summed E-state index contributed by atoms with van der Waals surface area (Å²) >= 11 is 0. The molecule has 0 aromatic heterocycles. The molecule has 0 radical (unpaired) electrons. The van der Waals surface area contributed by atoms with Crippen molar-refractivity contribution in [3.8, 4) is 0 Å². The van der Waals surface area contributed by atoms with E-state index in [0.717, 1.165) is 17.8 Å². The smallest absolute Gasteiger partial charge is 0.0368 e. The molecule has 0 fully saturated rings. The van der Waals surface area contributed by atoms with Crippen molar-refractivity contribution in [3.05, 3.63) is 0 Å². The summed E-state index contributed by atoms with van der Waals surface area (Å²) in [6, 6.07) is 0. The Hall–Kier alpha value is 0. The van der Waals surface area contributed by atoms with Crippen LogP contribution >= 0.6 is 0 Å². The van der Waals surface area contributed by atoms with E-state index in [1.54, 1.807) is 0 Å². The average Bonchev–Trinajstić information content (AvgIpc) is 2.53. The minimum atomic E-state index is 0.858. The van der Waals surface area contributed by atoms with Crippen molar-refractivity contribution in [2.24, 2.45) is 17.8 Å². The summed E-state index contributed by atoms with van der Waals surface area (Å²) in [6.45, 7) is 11.9. The van der Waals surface area contributed by atoms with Crippen LogP contribution in [0.2, 0.25) is 0 Å². The predicted octanol–water partition coefficient (Wildman–Crippen LogP) is 9.18. The van der Waals surface area contributed by atoms with Crippen molar-refractivity contribution in [2.45, 2.75) is 137 Å². The van der Waals surface area contributed by atoms with Gasteiger partial charge >= 0.3 is 0 Å². The zero-order valence-corrected chi connectivity index (χ0v) is 18.0. The van der Waals surface area contributed by atoms with E-state index in [1.165, 1.54) is 103 Å². The van der Waals surface area contributed by atoms with Gasteiger partial charge < -0.3 is 0 Å². The van der Waals surface area contributed by atoms with Gasteiger partial charge in [0.1, 0.15) is 0 Å². The maximum Gasteiger partial charge on any atom is -0.0368 e. The van der Waals surface area contributed by atoms with Crippen molar-refractivity contribution >= 4 is 0 Å². The van der Waals surface area contributed by atoms with Gasteiger partial charge in [-0.3, -0.25) is 0 Å². The summed E-state index contributed by atoms with van der Waals surface area (Å²) in [5.41, 5.74) is 0. The lowest BCUT2D eigenvalue weighted by Gasteiger charge is -2.24. The largest absolute Gasteiger partial charge is 0.0654 e. The molecular formula is C24H50. The fraction of sp³-hybridized carbons (Fsp3) is 1.00. The second-order valence-corrected chi connectivity index (χ2v) is 8.89. The van der Waals surface area contributed by atoms with Crippen LogP contribution in [0.5, 0.6) is 0 Å². The Morgan fingerprint density at radius 1 is 0.417 bits per heavy atom. The molecule has 0 saturated heterocycles. The van der Waals surface area contributed by atoms with Gasteiger partial charge in [-0.25, -0.2) is 0 Å². The lowest BCUT2D eigenvalue weighted by Crippen LogP contribution is -2.15. The van der Waals surface area contributed by atoms with Crippen LogP contribution in [0.15, 0.2) is 0 Å². The SMILES string of the molecule is CCCCCCCCCCCCCCCCCC(C(C)C)C(C)C. The van der Waals surface area contributed by atoms with Crippen LogP contribution in [0.3, 0.4) is 0 Å². The molecule has 0 spiro atoms. The quantitative estimate of drug-likeness (QED) is 0.218. The first-order valence-corrected chi connectivity index (χ1v) is 11.6. The Balaban J connectivity index is 3.20. The number of rotatable bonds is 18. The maximum absolute atomic E-state index is 2.40. The minimum Gasteiger partial charge on any atom is -0.0654 e. The van der Waals surface area contributed by atoms with Gasteiger partial charge in [0.15, 0.2) is 0 Å². The van der Waals surface area contributed by atoms with Crippen LogP contribution in [0.25, 0.3) is 0 Å². The fourth-order valence-electron chi connectivity index (χ4n) is 4.19.